The van der Waals surface area contributed by atoms with Crippen molar-refractivity contribution in [3.05, 3.63) is 50.7 Å². The molecule has 1 aromatic heterocycles. The average Bonchev–Trinajstić information content (AvgIpc) is 2.97. The van der Waals surface area contributed by atoms with Crippen LogP contribution in [0.25, 0.3) is 0 Å². The van der Waals surface area contributed by atoms with Crippen LogP contribution < -0.4 is 5.32 Å². The monoisotopic (exact) mass is 370 g/mol. The van der Waals surface area contributed by atoms with E-state index in [0.717, 1.165) is 42.9 Å². The van der Waals surface area contributed by atoms with Crippen LogP contribution in [-0.2, 0) is 24.3 Å². The fourth-order valence-electron chi connectivity index (χ4n) is 3.71. The Bertz CT molecular complexity index is 778. The fourth-order valence-corrected chi connectivity index (χ4v) is 4.60. The molecule has 26 heavy (non-hydrogen) atoms. The molecule has 0 radical (unpaired) electrons. The van der Waals surface area contributed by atoms with Gasteiger partial charge in [-0.05, 0) is 59.4 Å². The van der Waals surface area contributed by atoms with Crippen LogP contribution in [0.3, 0.4) is 0 Å². The molecule has 1 aromatic carbocycles. The summed E-state index contributed by atoms with van der Waals surface area (Å²) in [7, 11) is 0. The number of anilines is 1. The highest BCUT2D eigenvalue weighted by Gasteiger charge is 2.19. The minimum Gasteiger partial charge on any atom is -0.326 e. The molecule has 0 aliphatic carbocycles. The largest absolute Gasteiger partial charge is 0.326 e. The highest BCUT2D eigenvalue weighted by atomic mass is 32.1. The number of fused-ring (bicyclic) bond motifs is 1. The van der Waals surface area contributed by atoms with E-state index in [9.17, 15) is 4.79 Å². The van der Waals surface area contributed by atoms with Gasteiger partial charge in [0.05, 0.1) is 0 Å². The molecule has 3 nitrogen and oxygen atoms in total. The summed E-state index contributed by atoms with van der Waals surface area (Å²) < 4.78 is 0. The predicted octanol–water partition coefficient (Wildman–Crippen LogP) is 5.30. The van der Waals surface area contributed by atoms with Crippen LogP contribution in [0.5, 0.6) is 0 Å². The second-order valence-electron chi connectivity index (χ2n) is 8.72. The Hall–Kier alpha value is -1.65. The van der Waals surface area contributed by atoms with Crippen molar-refractivity contribution in [3.63, 3.8) is 0 Å². The molecule has 0 atom stereocenters. The Morgan fingerprint density at radius 1 is 1.23 bits per heavy atom. The molecule has 0 spiro atoms. The van der Waals surface area contributed by atoms with Crippen LogP contribution in [0.1, 0.15) is 54.3 Å². The maximum absolute atomic E-state index is 12.3. The van der Waals surface area contributed by atoms with E-state index in [1.54, 1.807) is 4.88 Å². The lowest BCUT2D eigenvalue weighted by molar-refractivity contribution is -0.117. The van der Waals surface area contributed by atoms with Gasteiger partial charge in [0.2, 0.25) is 5.91 Å². The van der Waals surface area contributed by atoms with Gasteiger partial charge in [-0.2, -0.15) is 0 Å². The Morgan fingerprint density at radius 2 is 1.92 bits per heavy atom. The number of aryl methyl sites for hydroxylation is 2. The lowest BCUT2D eigenvalue weighted by atomic mass is 9.92. The summed E-state index contributed by atoms with van der Waals surface area (Å²) in [4.78, 5) is 16.4. The third-order valence-corrected chi connectivity index (χ3v) is 5.86. The van der Waals surface area contributed by atoms with Crippen molar-refractivity contribution >= 4 is 22.9 Å². The van der Waals surface area contributed by atoms with Gasteiger partial charge in [-0.1, -0.05) is 32.9 Å². The van der Waals surface area contributed by atoms with Gasteiger partial charge in [0.15, 0.2) is 0 Å². The van der Waals surface area contributed by atoms with Crippen molar-refractivity contribution in [1.29, 1.82) is 0 Å². The number of carbonyl (C=O) groups is 1. The topological polar surface area (TPSA) is 32.3 Å². The second-order valence-corrected chi connectivity index (χ2v) is 9.72. The maximum Gasteiger partial charge on any atom is 0.224 e. The number of rotatable bonds is 4. The molecule has 140 valence electrons. The fraction of sp³-hybridized carbons (Fsp3) is 0.500. The summed E-state index contributed by atoms with van der Waals surface area (Å²) in [6.07, 6.45) is 1.69. The molecule has 1 aliphatic heterocycles. The third kappa shape index (κ3) is 4.74. The molecule has 0 saturated carbocycles. The zero-order chi connectivity index (χ0) is 18.9. The van der Waals surface area contributed by atoms with Crippen molar-refractivity contribution < 1.29 is 4.79 Å². The molecule has 2 aromatic rings. The standard InChI is InChI=1S/C22H30N2OS/c1-15-10-17(13-24-8-6-19-18(14-24)7-9-26-19)11-16(2)21(15)23-20(25)12-22(3,4)5/h7,9-11H,6,8,12-14H2,1-5H3,(H,23,25). The van der Waals surface area contributed by atoms with Crippen LogP contribution in [-0.4, -0.2) is 17.4 Å². The molecule has 1 N–H and O–H groups in total. The Morgan fingerprint density at radius 3 is 2.58 bits per heavy atom. The molecule has 2 heterocycles. The smallest absolute Gasteiger partial charge is 0.224 e. The predicted molar refractivity (Wildman–Crippen MR) is 111 cm³/mol. The van der Waals surface area contributed by atoms with Crippen LogP contribution in [0.2, 0.25) is 0 Å². The van der Waals surface area contributed by atoms with E-state index in [2.05, 4.69) is 68.4 Å². The quantitative estimate of drug-likeness (QED) is 0.792. The van der Waals surface area contributed by atoms with Gasteiger partial charge in [-0.25, -0.2) is 0 Å². The minimum absolute atomic E-state index is 0.000600. The first-order valence-electron chi connectivity index (χ1n) is 9.39. The van der Waals surface area contributed by atoms with E-state index in [1.807, 2.05) is 11.3 Å². The molecule has 3 rings (SSSR count). The molecular formula is C22H30N2OS. The average molecular weight is 371 g/mol. The first-order chi connectivity index (χ1) is 12.2. The summed E-state index contributed by atoms with van der Waals surface area (Å²) in [6, 6.07) is 6.71. The van der Waals surface area contributed by atoms with Crippen molar-refractivity contribution in [2.45, 2.75) is 60.5 Å². The second kappa shape index (κ2) is 7.53. The van der Waals surface area contributed by atoms with Gasteiger partial charge in [-0.3, -0.25) is 9.69 Å². The first kappa shape index (κ1) is 19.1. The van der Waals surface area contributed by atoms with Gasteiger partial charge >= 0.3 is 0 Å². The van der Waals surface area contributed by atoms with E-state index in [0.29, 0.717) is 6.42 Å². The normalized spacial score (nSPS) is 15.0. The molecule has 0 bridgehead atoms. The first-order valence-corrected chi connectivity index (χ1v) is 10.3. The molecule has 1 amide bonds. The highest BCUT2D eigenvalue weighted by Crippen LogP contribution is 2.28. The zero-order valence-corrected chi connectivity index (χ0v) is 17.4. The minimum atomic E-state index is 0.000600. The highest BCUT2D eigenvalue weighted by molar-refractivity contribution is 7.10. The zero-order valence-electron chi connectivity index (χ0n) is 16.6. The molecule has 0 fully saturated rings. The maximum atomic E-state index is 12.3. The Balaban J connectivity index is 1.68. The molecular weight excluding hydrogens is 340 g/mol. The van der Waals surface area contributed by atoms with Crippen LogP contribution >= 0.6 is 11.3 Å². The van der Waals surface area contributed by atoms with Crippen LogP contribution in [0.15, 0.2) is 23.6 Å². The van der Waals surface area contributed by atoms with E-state index >= 15 is 0 Å². The van der Waals surface area contributed by atoms with Gasteiger partial charge in [0, 0.05) is 36.6 Å². The molecule has 0 saturated heterocycles. The van der Waals surface area contributed by atoms with E-state index in [4.69, 9.17) is 0 Å². The number of amides is 1. The van der Waals surface area contributed by atoms with Gasteiger partial charge in [-0.15, -0.1) is 11.3 Å². The molecule has 0 unspecified atom stereocenters. The third-order valence-electron chi connectivity index (χ3n) is 4.84. The summed E-state index contributed by atoms with van der Waals surface area (Å²) >= 11 is 1.88. The number of hydrogen-bond donors (Lipinski definition) is 1. The van der Waals surface area contributed by atoms with Crippen LogP contribution in [0.4, 0.5) is 5.69 Å². The number of carbonyl (C=O) groups excluding carboxylic acids is 1. The summed E-state index contributed by atoms with van der Waals surface area (Å²) in [6.45, 7) is 13.6. The van der Waals surface area contributed by atoms with Gasteiger partial charge in [0.25, 0.3) is 0 Å². The number of nitrogens with one attached hydrogen (secondary N) is 1. The number of benzene rings is 1. The van der Waals surface area contributed by atoms with E-state index < -0.39 is 0 Å². The van der Waals surface area contributed by atoms with Gasteiger partial charge in [0.1, 0.15) is 0 Å². The Kier molecular flexibility index (Phi) is 5.54. The van der Waals surface area contributed by atoms with Crippen LogP contribution in [0, 0.1) is 19.3 Å². The summed E-state index contributed by atoms with van der Waals surface area (Å²) in [5.74, 6) is 0.0949. The number of nitrogens with zero attached hydrogens (tertiary/aromatic N) is 1. The van der Waals surface area contributed by atoms with Crippen molar-refractivity contribution in [3.8, 4) is 0 Å². The summed E-state index contributed by atoms with van der Waals surface area (Å²) in [5.41, 5.74) is 6.08. The SMILES string of the molecule is Cc1cc(CN2CCc3sccc3C2)cc(C)c1NC(=O)CC(C)(C)C. The lowest BCUT2D eigenvalue weighted by Crippen LogP contribution is -2.29. The number of hydrogen-bond acceptors (Lipinski definition) is 3. The van der Waals surface area contributed by atoms with Crippen molar-refractivity contribution in [1.82, 2.24) is 4.90 Å². The van der Waals surface area contributed by atoms with Crippen molar-refractivity contribution in [2.75, 3.05) is 11.9 Å². The lowest BCUT2D eigenvalue weighted by Gasteiger charge is -2.27. The number of thiophene rings is 1. The van der Waals surface area contributed by atoms with Gasteiger partial charge < -0.3 is 5.32 Å². The molecule has 4 heteroatoms. The van der Waals surface area contributed by atoms with E-state index in [1.165, 1.54) is 11.1 Å². The molecule has 1 aliphatic rings. The van der Waals surface area contributed by atoms with E-state index in [-0.39, 0.29) is 11.3 Å². The Labute approximate surface area is 161 Å². The summed E-state index contributed by atoms with van der Waals surface area (Å²) in [5, 5.41) is 5.33. The van der Waals surface area contributed by atoms with Crippen molar-refractivity contribution in [2.24, 2.45) is 5.41 Å².